The maximum atomic E-state index is 10.0. The quantitative estimate of drug-likeness (QED) is 0.871. The summed E-state index contributed by atoms with van der Waals surface area (Å²) in [5.74, 6) is 1.36. The molecular formula is C15H16BrNO3. The van der Waals surface area contributed by atoms with Crippen molar-refractivity contribution in [1.29, 1.82) is 0 Å². The average Bonchev–Trinajstić information content (AvgIpc) is 2.46. The Kier molecular flexibility index (Phi) is 4.74. The summed E-state index contributed by atoms with van der Waals surface area (Å²) in [7, 11) is 3.15. The molecule has 5 heteroatoms. The molecule has 0 saturated carbocycles. The normalized spacial score (nSPS) is 10.2. The van der Waals surface area contributed by atoms with Crippen molar-refractivity contribution in [2.24, 2.45) is 0 Å². The molecule has 0 radical (unpaired) electrons. The maximum absolute atomic E-state index is 10.0. The highest BCUT2D eigenvalue weighted by Gasteiger charge is 2.08. The Labute approximate surface area is 126 Å². The molecule has 0 saturated heterocycles. The van der Waals surface area contributed by atoms with Gasteiger partial charge >= 0.3 is 0 Å². The molecule has 0 aliphatic heterocycles. The van der Waals surface area contributed by atoms with Crippen LogP contribution < -0.4 is 14.8 Å². The number of aromatic hydroxyl groups is 1. The van der Waals surface area contributed by atoms with E-state index in [2.05, 4.69) is 21.2 Å². The van der Waals surface area contributed by atoms with Crippen LogP contribution in [0.25, 0.3) is 0 Å². The SMILES string of the molecule is COc1ccc(Br)cc1NCc1cccc(OC)c1O. The molecule has 20 heavy (non-hydrogen) atoms. The highest BCUT2D eigenvalue weighted by molar-refractivity contribution is 9.10. The van der Waals surface area contributed by atoms with Crippen molar-refractivity contribution < 1.29 is 14.6 Å². The number of rotatable bonds is 5. The lowest BCUT2D eigenvalue weighted by molar-refractivity contribution is 0.371. The summed E-state index contributed by atoms with van der Waals surface area (Å²) >= 11 is 3.42. The number of benzene rings is 2. The van der Waals surface area contributed by atoms with Crippen LogP contribution in [0.1, 0.15) is 5.56 Å². The van der Waals surface area contributed by atoms with E-state index >= 15 is 0 Å². The van der Waals surface area contributed by atoms with Gasteiger partial charge in [-0.2, -0.15) is 0 Å². The van der Waals surface area contributed by atoms with Gasteiger partial charge in [-0.25, -0.2) is 0 Å². The maximum Gasteiger partial charge on any atom is 0.162 e. The Morgan fingerprint density at radius 2 is 1.85 bits per heavy atom. The monoisotopic (exact) mass is 337 g/mol. The Balaban J connectivity index is 2.19. The number of anilines is 1. The molecule has 0 spiro atoms. The number of hydrogen-bond acceptors (Lipinski definition) is 4. The number of ether oxygens (including phenoxy) is 2. The summed E-state index contributed by atoms with van der Waals surface area (Å²) in [6.45, 7) is 0.468. The van der Waals surface area contributed by atoms with Crippen molar-refractivity contribution in [3.05, 3.63) is 46.4 Å². The Bertz CT molecular complexity index is 602. The molecule has 0 aromatic heterocycles. The van der Waals surface area contributed by atoms with E-state index in [1.54, 1.807) is 13.2 Å². The van der Waals surface area contributed by atoms with Crippen LogP contribution in [0.2, 0.25) is 0 Å². The van der Waals surface area contributed by atoms with Crippen LogP contribution in [0.15, 0.2) is 40.9 Å². The van der Waals surface area contributed by atoms with Gasteiger partial charge in [0.05, 0.1) is 19.9 Å². The van der Waals surface area contributed by atoms with E-state index in [1.165, 1.54) is 7.11 Å². The van der Waals surface area contributed by atoms with E-state index < -0.39 is 0 Å². The minimum absolute atomic E-state index is 0.150. The van der Waals surface area contributed by atoms with Gasteiger partial charge in [-0.05, 0) is 24.3 Å². The number of para-hydroxylation sites is 1. The smallest absolute Gasteiger partial charge is 0.162 e. The molecular weight excluding hydrogens is 322 g/mol. The largest absolute Gasteiger partial charge is 0.504 e. The summed E-state index contributed by atoms with van der Waals surface area (Å²) in [6.07, 6.45) is 0. The number of phenolic OH excluding ortho intramolecular Hbond substituents is 1. The first-order valence-electron chi connectivity index (χ1n) is 6.08. The molecule has 0 fully saturated rings. The molecule has 0 unspecified atom stereocenters. The van der Waals surface area contributed by atoms with Gasteiger partial charge in [0.15, 0.2) is 11.5 Å². The summed E-state index contributed by atoms with van der Waals surface area (Å²) in [4.78, 5) is 0. The second kappa shape index (κ2) is 6.52. The average molecular weight is 338 g/mol. The van der Waals surface area contributed by atoms with E-state index in [0.717, 1.165) is 21.5 Å². The Morgan fingerprint density at radius 1 is 1.10 bits per heavy atom. The topological polar surface area (TPSA) is 50.7 Å². The van der Waals surface area contributed by atoms with Crippen molar-refractivity contribution in [3.8, 4) is 17.2 Å². The van der Waals surface area contributed by atoms with E-state index in [4.69, 9.17) is 9.47 Å². The third-order valence-electron chi connectivity index (χ3n) is 2.93. The fourth-order valence-electron chi connectivity index (χ4n) is 1.88. The lowest BCUT2D eigenvalue weighted by atomic mass is 10.1. The third kappa shape index (κ3) is 3.17. The van der Waals surface area contributed by atoms with Crippen molar-refractivity contribution >= 4 is 21.6 Å². The van der Waals surface area contributed by atoms with E-state index in [0.29, 0.717) is 12.3 Å². The van der Waals surface area contributed by atoms with Gasteiger partial charge in [0.2, 0.25) is 0 Å². The molecule has 0 aliphatic carbocycles. The minimum atomic E-state index is 0.150. The molecule has 4 nitrogen and oxygen atoms in total. The molecule has 2 N–H and O–H groups in total. The van der Waals surface area contributed by atoms with Crippen molar-refractivity contribution in [1.82, 2.24) is 0 Å². The molecule has 0 heterocycles. The predicted octanol–water partition coefficient (Wildman–Crippen LogP) is 3.78. The zero-order chi connectivity index (χ0) is 14.5. The first-order chi connectivity index (χ1) is 9.65. The zero-order valence-electron chi connectivity index (χ0n) is 11.3. The molecule has 0 aliphatic rings. The second-order valence-electron chi connectivity index (χ2n) is 4.17. The lowest BCUT2D eigenvalue weighted by Crippen LogP contribution is -2.02. The van der Waals surface area contributed by atoms with E-state index in [-0.39, 0.29) is 5.75 Å². The first kappa shape index (κ1) is 14.5. The molecule has 0 bridgehead atoms. The standard InChI is InChI=1S/C15H16BrNO3/c1-19-13-7-6-11(16)8-12(13)17-9-10-4-3-5-14(20-2)15(10)18/h3-8,17-18H,9H2,1-2H3. The van der Waals surface area contributed by atoms with Gasteiger partial charge in [-0.15, -0.1) is 0 Å². The molecule has 2 rings (SSSR count). The fraction of sp³-hybridized carbons (Fsp3) is 0.200. The third-order valence-corrected chi connectivity index (χ3v) is 3.43. The lowest BCUT2D eigenvalue weighted by Gasteiger charge is -2.13. The molecule has 0 atom stereocenters. The van der Waals surface area contributed by atoms with Crippen molar-refractivity contribution in [2.75, 3.05) is 19.5 Å². The number of methoxy groups -OCH3 is 2. The number of hydrogen-bond donors (Lipinski definition) is 2. The minimum Gasteiger partial charge on any atom is -0.504 e. The van der Waals surface area contributed by atoms with Gasteiger partial charge in [0.25, 0.3) is 0 Å². The molecule has 0 amide bonds. The second-order valence-corrected chi connectivity index (χ2v) is 5.08. The number of nitrogens with one attached hydrogen (secondary N) is 1. The molecule has 2 aromatic rings. The van der Waals surface area contributed by atoms with Crippen LogP contribution in [0.4, 0.5) is 5.69 Å². The number of phenols is 1. The van der Waals surface area contributed by atoms with Crippen molar-refractivity contribution in [2.45, 2.75) is 6.54 Å². The van der Waals surface area contributed by atoms with E-state index in [1.807, 2.05) is 30.3 Å². The van der Waals surface area contributed by atoms with Crippen LogP contribution in [0.5, 0.6) is 17.2 Å². The van der Waals surface area contributed by atoms with Crippen LogP contribution >= 0.6 is 15.9 Å². The summed E-state index contributed by atoms with van der Waals surface area (Å²) in [6, 6.07) is 11.1. The Morgan fingerprint density at radius 3 is 2.55 bits per heavy atom. The fourth-order valence-corrected chi connectivity index (χ4v) is 2.25. The summed E-state index contributed by atoms with van der Waals surface area (Å²) in [5.41, 5.74) is 1.61. The predicted molar refractivity (Wildman–Crippen MR) is 82.7 cm³/mol. The summed E-state index contributed by atoms with van der Waals surface area (Å²) in [5, 5.41) is 13.3. The molecule has 106 valence electrons. The zero-order valence-corrected chi connectivity index (χ0v) is 12.9. The number of halogens is 1. The van der Waals surface area contributed by atoms with E-state index in [9.17, 15) is 5.11 Å². The Hall–Kier alpha value is -1.88. The van der Waals surface area contributed by atoms with Crippen molar-refractivity contribution in [3.63, 3.8) is 0 Å². The van der Waals surface area contributed by atoms with Crippen LogP contribution in [-0.2, 0) is 6.54 Å². The van der Waals surface area contributed by atoms with Gasteiger partial charge < -0.3 is 19.9 Å². The van der Waals surface area contributed by atoms with Crippen LogP contribution in [0.3, 0.4) is 0 Å². The van der Waals surface area contributed by atoms with Gasteiger partial charge in [-0.1, -0.05) is 28.1 Å². The van der Waals surface area contributed by atoms with Crippen LogP contribution in [0, 0.1) is 0 Å². The van der Waals surface area contributed by atoms with Gasteiger partial charge in [0, 0.05) is 16.6 Å². The highest BCUT2D eigenvalue weighted by Crippen LogP contribution is 2.32. The summed E-state index contributed by atoms with van der Waals surface area (Å²) < 4.78 is 11.3. The van der Waals surface area contributed by atoms with Gasteiger partial charge in [0.1, 0.15) is 5.75 Å². The molecule has 2 aromatic carbocycles. The van der Waals surface area contributed by atoms with Crippen LogP contribution in [-0.4, -0.2) is 19.3 Å². The first-order valence-corrected chi connectivity index (χ1v) is 6.87. The van der Waals surface area contributed by atoms with Gasteiger partial charge in [-0.3, -0.25) is 0 Å². The highest BCUT2D eigenvalue weighted by atomic mass is 79.9.